The van der Waals surface area contributed by atoms with Crippen LogP contribution in [0.2, 0.25) is 0 Å². The van der Waals surface area contributed by atoms with E-state index in [4.69, 9.17) is 18.9 Å². The number of ether oxygens (including phenoxy) is 4. The second-order valence-electron chi connectivity index (χ2n) is 3.53. The summed E-state index contributed by atoms with van der Waals surface area (Å²) in [6.07, 6.45) is 0. The molecule has 0 aromatic rings. The van der Waals surface area contributed by atoms with Gasteiger partial charge in [-0.15, -0.1) is 0 Å². The zero-order valence-corrected chi connectivity index (χ0v) is 14.2. The molecule has 4 nitrogen and oxygen atoms in total. The Kier molecular flexibility index (Phi) is 3.27. The molecule has 0 saturated carbocycles. The molecule has 4 aliphatic heterocycles. The van der Waals surface area contributed by atoms with Gasteiger partial charge in [-0.05, 0) is 0 Å². The Hall–Kier alpha value is 0.159. The van der Waals surface area contributed by atoms with E-state index in [0.717, 1.165) is 19.5 Å². The van der Waals surface area contributed by atoms with Crippen molar-refractivity contribution >= 4 is 53.4 Å². The maximum absolute atomic E-state index is 5.66. The van der Waals surface area contributed by atoms with E-state index >= 15 is 0 Å². The molecule has 0 N–H and O–H groups in total. The third-order valence-corrected chi connectivity index (χ3v) is 11.6. The van der Waals surface area contributed by atoms with Crippen molar-refractivity contribution in [3.8, 4) is 0 Å². The summed E-state index contributed by atoms with van der Waals surface area (Å²) < 4.78 is 27.5. The average molecular weight is 414 g/mol. The summed E-state index contributed by atoms with van der Waals surface area (Å²) in [6.45, 7) is 2.71. The van der Waals surface area contributed by atoms with Crippen LogP contribution >= 0.6 is 23.5 Å². The molecule has 4 rings (SSSR count). The first kappa shape index (κ1) is 11.9. The Morgan fingerprint density at radius 2 is 1.11 bits per heavy atom. The van der Waals surface area contributed by atoms with Crippen molar-refractivity contribution in [3.63, 3.8) is 0 Å². The molecule has 4 heterocycles. The Balaban J connectivity index is 1.54. The Morgan fingerprint density at radius 3 is 1.56 bits per heavy atom. The van der Waals surface area contributed by atoms with Crippen LogP contribution in [-0.4, -0.2) is 56.3 Å². The fourth-order valence-corrected chi connectivity index (χ4v) is 10.3. The van der Waals surface area contributed by atoms with Gasteiger partial charge in [0.2, 0.25) is 0 Å². The van der Waals surface area contributed by atoms with E-state index < -0.39 is 0 Å². The Labute approximate surface area is 125 Å². The van der Waals surface area contributed by atoms with Crippen LogP contribution in [0.4, 0.5) is 0 Å². The summed E-state index contributed by atoms with van der Waals surface area (Å²) in [4.78, 5) is 0. The second-order valence-corrected chi connectivity index (χ2v) is 10.8. The van der Waals surface area contributed by atoms with Gasteiger partial charge in [0.1, 0.15) is 0 Å². The van der Waals surface area contributed by atoms with E-state index in [9.17, 15) is 0 Å². The molecule has 0 amide bonds. The van der Waals surface area contributed by atoms with Gasteiger partial charge in [-0.3, -0.25) is 0 Å². The van der Waals surface area contributed by atoms with Crippen LogP contribution in [0.15, 0.2) is 27.1 Å². The van der Waals surface area contributed by atoms with Gasteiger partial charge in [0.25, 0.3) is 0 Å². The molecule has 96 valence electrons. The minimum absolute atomic E-state index is 0.263. The summed E-state index contributed by atoms with van der Waals surface area (Å²) in [5, 5.41) is 1.96. The van der Waals surface area contributed by atoms with Crippen LogP contribution in [0, 0.1) is 0 Å². The first-order chi connectivity index (χ1) is 8.90. The van der Waals surface area contributed by atoms with Crippen molar-refractivity contribution in [1.82, 2.24) is 0 Å². The molecule has 0 atom stereocenters. The van der Waals surface area contributed by atoms with Crippen LogP contribution in [0.3, 0.4) is 0 Å². The first-order valence-electron chi connectivity index (χ1n) is 5.35. The van der Waals surface area contributed by atoms with Crippen LogP contribution in [-0.2, 0) is 18.9 Å². The normalized spacial score (nSPS) is 30.2. The van der Waals surface area contributed by atoms with Gasteiger partial charge in [-0.1, -0.05) is 0 Å². The molecule has 0 spiro atoms. The molecule has 0 saturated heterocycles. The van der Waals surface area contributed by atoms with E-state index in [0.29, 0.717) is 26.4 Å². The number of thioether (sulfide) groups is 2. The fraction of sp³-hybridized carbons (Fsp3) is 0.400. The Morgan fingerprint density at radius 1 is 0.667 bits per heavy atom. The number of hydrogen-bond donors (Lipinski definition) is 0. The van der Waals surface area contributed by atoms with Gasteiger partial charge in [-0.2, -0.15) is 0 Å². The van der Waals surface area contributed by atoms with Gasteiger partial charge in [0.15, 0.2) is 0 Å². The molecule has 8 heteroatoms. The van der Waals surface area contributed by atoms with Crippen molar-refractivity contribution in [2.45, 2.75) is 0 Å². The van der Waals surface area contributed by atoms with Crippen LogP contribution in [0.25, 0.3) is 0 Å². The van der Waals surface area contributed by atoms with Crippen LogP contribution < -0.4 is 0 Å². The quantitative estimate of drug-likeness (QED) is 0.558. The molecule has 18 heavy (non-hydrogen) atoms. The van der Waals surface area contributed by atoms with Gasteiger partial charge in [-0.25, -0.2) is 0 Å². The third-order valence-electron chi connectivity index (χ3n) is 2.34. The Bertz CT molecular complexity index is 416. The fourth-order valence-electron chi connectivity index (χ4n) is 1.60. The molecular formula is C10H8O4S2Se2. The van der Waals surface area contributed by atoms with E-state index in [-0.39, 0.29) is 29.9 Å². The molecule has 0 aliphatic carbocycles. The standard InChI is InChI=1S/C10H8O4S2Se2/c1-3-13-7-5(11-1)15-9(17-7)10-16-6-8(18-10)14-4-2-12-6/h1-4H2/b10-9-. The number of hydrogen-bond acceptors (Lipinski definition) is 6. The van der Waals surface area contributed by atoms with Crippen molar-refractivity contribution in [2.24, 2.45) is 0 Å². The summed E-state index contributed by atoms with van der Waals surface area (Å²) in [7, 11) is 0. The summed E-state index contributed by atoms with van der Waals surface area (Å²) >= 11 is 3.99. The average Bonchev–Trinajstić information content (AvgIpc) is 3.02. The summed E-state index contributed by atoms with van der Waals surface area (Å²) in [5.41, 5.74) is 0. The molecular weight excluding hydrogens is 406 g/mol. The molecule has 4 aliphatic rings. The van der Waals surface area contributed by atoms with Crippen molar-refractivity contribution < 1.29 is 18.9 Å². The molecule has 0 unspecified atom stereocenters. The van der Waals surface area contributed by atoms with Crippen LogP contribution in [0.1, 0.15) is 0 Å². The van der Waals surface area contributed by atoms with Gasteiger partial charge < -0.3 is 0 Å². The van der Waals surface area contributed by atoms with Crippen molar-refractivity contribution in [2.75, 3.05) is 26.4 Å². The van der Waals surface area contributed by atoms with E-state index in [1.807, 2.05) is 0 Å². The van der Waals surface area contributed by atoms with Gasteiger partial charge >= 0.3 is 126 Å². The monoisotopic (exact) mass is 416 g/mol. The molecule has 0 fully saturated rings. The predicted octanol–water partition coefficient (Wildman–Crippen LogP) is 1.36. The minimum atomic E-state index is 0.263. The number of rotatable bonds is 0. The van der Waals surface area contributed by atoms with Gasteiger partial charge in [0.05, 0.1) is 0 Å². The van der Waals surface area contributed by atoms with E-state index in [2.05, 4.69) is 0 Å². The third kappa shape index (κ3) is 2.09. The predicted molar refractivity (Wildman–Crippen MR) is 71.6 cm³/mol. The zero-order valence-electron chi connectivity index (χ0n) is 9.09. The second kappa shape index (κ2) is 4.93. The van der Waals surface area contributed by atoms with E-state index in [1.165, 1.54) is 7.61 Å². The van der Waals surface area contributed by atoms with Crippen LogP contribution in [0.5, 0.6) is 0 Å². The zero-order chi connectivity index (χ0) is 11.9. The molecule has 0 bridgehead atoms. The first-order valence-corrected chi connectivity index (χ1v) is 10.4. The van der Waals surface area contributed by atoms with Crippen molar-refractivity contribution in [3.05, 3.63) is 27.1 Å². The molecule has 0 radical (unpaired) electrons. The SMILES string of the molecule is C1COC2=C(O1)S/C(=C1\SC3=C(OCCO3)[Se]1)[Se]2. The van der Waals surface area contributed by atoms with Crippen molar-refractivity contribution in [1.29, 1.82) is 0 Å². The van der Waals surface area contributed by atoms with Gasteiger partial charge in [0, 0.05) is 0 Å². The van der Waals surface area contributed by atoms with E-state index in [1.54, 1.807) is 23.5 Å². The summed E-state index contributed by atoms with van der Waals surface area (Å²) in [6, 6.07) is 0. The maximum atomic E-state index is 5.66. The topological polar surface area (TPSA) is 36.9 Å². The molecule has 0 aromatic heterocycles. The summed E-state index contributed by atoms with van der Waals surface area (Å²) in [5.74, 6) is 0. The molecule has 0 aromatic carbocycles.